The molecule has 1 rings (SSSR count). The third kappa shape index (κ3) is 1.34. The average Bonchev–Trinajstić information content (AvgIpc) is 2.11. The molecule has 1 heterocycles. The van der Waals surface area contributed by atoms with E-state index in [1.54, 1.807) is 7.05 Å². The van der Waals surface area contributed by atoms with Gasteiger partial charge in [-0.25, -0.2) is 13.6 Å². The van der Waals surface area contributed by atoms with Gasteiger partial charge in [0.2, 0.25) is 10.0 Å². The molecule has 0 spiro atoms. The van der Waals surface area contributed by atoms with Crippen LogP contribution in [0.5, 0.6) is 0 Å². The number of primary sulfonamides is 1. The van der Waals surface area contributed by atoms with Crippen molar-refractivity contribution in [3.05, 3.63) is 12.4 Å². The van der Waals surface area contributed by atoms with Crippen molar-refractivity contribution in [2.75, 3.05) is 0 Å². The molecule has 0 saturated carbocycles. The molecule has 1 aromatic rings. The van der Waals surface area contributed by atoms with E-state index < -0.39 is 10.0 Å². The first kappa shape index (κ1) is 7.23. The van der Waals surface area contributed by atoms with Gasteiger partial charge in [-0.3, -0.25) is 4.68 Å². The summed E-state index contributed by atoms with van der Waals surface area (Å²) in [4.78, 5) is 0.0370. The lowest BCUT2D eigenvalue weighted by atomic mass is 10.7. The molecular formula is C4H7N3O2S. The van der Waals surface area contributed by atoms with Crippen LogP contribution in [0.25, 0.3) is 0 Å². The van der Waals surface area contributed by atoms with Crippen LogP contribution in [0, 0.1) is 0 Å². The fourth-order valence-corrected chi connectivity index (χ4v) is 1.04. The second-order valence-corrected chi connectivity index (χ2v) is 3.46. The lowest BCUT2D eigenvalue weighted by molar-refractivity contribution is 0.597. The molecule has 0 aromatic carbocycles. The first-order valence-electron chi connectivity index (χ1n) is 2.51. The second-order valence-electron chi connectivity index (χ2n) is 1.89. The van der Waals surface area contributed by atoms with Gasteiger partial charge in [0, 0.05) is 13.2 Å². The quantitative estimate of drug-likeness (QED) is 0.577. The van der Waals surface area contributed by atoms with Crippen molar-refractivity contribution in [2.45, 2.75) is 4.90 Å². The summed E-state index contributed by atoms with van der Waals surface area (Å²) in [5.41, 5.74) is 0. The lowest BCUT2D eigenvalue weighted by Crippen LogP contribution is -2.10. The molecule has 6 heteroatoms. The van der Waals surface area contributed by atoms with Gasteiger partial charge in [0.05, 0.1) is 6.20 Å². The Morgan fingerprint density at radius 1 is 1.70 bits per heavy atom. The summed E-state index contributed by atoms with van der Waals surface area (Å²) in [6.07, 6.45) is 2.55. The van der Waals surface area contributed by atoms with Gasteiger partial charge in [-0.05, 0) is 0 Å². The van der Waals surface area contributed by atoms with Crippen LogP contribution in [0.15, 0.2) is 17.3 Å². The lowest BCUT2D eigenvalue weighted by Gasteiger charge is -1.87. The van der Waals surface area contributed by atoms with E-state index in [0.29, 0.717) is 0 Å². The van der Waals surface area contributed by atoms with Crippen molar-refractivity contribution in [3.63, 3.8) is 0 Å². The summed E-state index contributed by atoms with van der Waals surface area (Å²) in [5, 5.41) is 8.43. The number of aromatic nitrogens is 2. The predicted octanol–water partition coefficient (Wildman–Crippen LogP) is -0.933. The molecule has 0 saturated heterocycles. The second kappa shape index (κ2) is 2.06. The Morgan fingerprint density at radius 2 is 2.30 bits per heavy atom. The molecule has 0 radical (unpaired) electrons. The van der Waals surface area contributed by atoms with E-state index in [1.165, 1.54) is 17.1 Å². The highest BCUT2D eigenvalue weighted by Gasteiger charge is 2.08. The van der Waals surface area contributed by atoms with Gasteiger partial charge in [-0.15, -0.1) is 0 Å². The van der Waals surface area contributed by atoms with E-state index in [2.05, 4.69) is 5.10 Å². The minimum atomic E-state index is -3.57. The highest BCUT2D eigenvalue weighted by molar-refractivity contribution is 7.89. The van der Waals surface area contributed by atoms with Gasteiger partial charge >= 0.3 is 0 Å². The maximum Gasteiger partial charge on any atom is 0.241 e. The fraction of sp³-hybridized carbons (Fsp3) is 0.250. The molecule has 0 aliphatic heterocycles. The monoisotopic (exact) mass is 161 g/mol. The number of nitrogens with two attached hydrogens (primary N) is 1. The fourth-order valence-electron chi connectivity index (χ4n) is 0.546. The molecular weight excluding hydrogens is 154 g/mol. The Morgan fingerprint density at radius 3 is 2.50 bits per heavy atom. The summed E-state index contributed by atoms with van der Waals surface area (Å²) in [5.74, 6) is 0. The van der Waals surface area contributed by atoms with E-state index in [0.717, 1.165) is 0 Å². The highest BCUT2D eigenvalue weighted by atomic mass is 32.2. The molecule has 0 atom stereocenters. The maximum absolute atomic E-state index is 10.6. The van der Waals surface area contributed by atoms with Crippen LogP contribution in [0.2, 0.25) is 0 Å². The van der Waals surface area contributed by atoms with Crippen LogP contribution < -0.4 is 5.14 Å². The Hall–Kier alpha value is -0.880. The topological polar surface area (TPSA) is 78.0 Å². The van der Waals surface area contributed by atoms with Crippen LogP contribution >= 0.6 is 0 Å². The summed E-state index contributed by atoms with van der Waals surface area (Å²) in [7, 11) is -1.95. The van der Waals surface area contributed by atoms with Gasteiger partial charge in [-0.1, -0.05) is 0 Å². The molecule has 0 aliphatic carbocycles. The van der Waals surface area contributed by atoms with Crippen LogP contribution in [0.4, 0.5) is 0 Å². The molecule has 0 fully saturated rings. The van der Waals surface area contributed by atoms with E-state index in [1.807, 2.05) is 0 Å². The SMILES string of the molecule is Cn1cc(S(N)(=O)=O)cn1. The van der Waals surface area contributed by atoms with E-state index in [9.17, 15) is 8.42 Å². The minimum Gasteiger partial charge on any atom is -0.274 e. The van der Waals surface area contributed by atoms with Gasteiger partial charge in [-0.2, -0.15) is 5.10 Å². The molecule has 5 nitrogen and oxygen atoms in total. The van der Waals surface area contributed by atoms with Crippen LogP contribution in [-0.4, -0.2) is 18.2 Å². The van der Waals surface area contributed by atoms with Gasteiger partial charge < -0.3 is 0 Å². The van der Waals surface area contributed by atoms with Crippen molar-refractivity contribution < 1.29 is 8.42 Å². The zero-order valence-corrected chi connectivity index (χ0v) is 6.17. The molecule has 0 bridgehead atoms. The molecule has 1 aromatic heterocycles. The van der Waals surface area contributed by atoms with Gasteiger partial charge in [0.15, 0.2) is 0 Å². The summed E-state index contributed by atoms with van der Waals surface area (Å²) in [6, 6.07) is 0. The molecule has 10 heavy (non-hydrogen) atoms. The van der Waals surface area contributed by atoms with Gasteiger partial charge in [0.1, 0.15) is 4.90 Å². The van der Waals surface area contributed by atoms with Crippen molar-refractivity contribution in [2.24, 2.45) is 12.2 Å². The number of nitrogens with zero attached hydrogens (tertiary/aromatic N) is 2. The largest absolute Gasteiger partial charge is 0.274 e. The summed E-state index contributed by atoms with van der Waals surface area (Å²) in [6.45, 7) is 0. The number of rotatable bonds is 1. The minimum absolute atomic E-state index is 0.0370. The van der Waals surface area contributed by atoms with E-state index >= 15 is 0 Å². The first-order valence-corrected chi connectivity index (χ1v) is 4.06. The number of sulfonamides is 1. The Balaban J connectivity index is 3.21. The number of aryl methyl sites for hydroxylation is 1. The van der Waals surface area contributed by atoms with Crippen molar-refractivity contribution in [1.82, 2.24) is 9.78 Å². The Bertz CT molecular complexity index is 326. The van der Waals surface area contributed by atoms with E-state index in [4.69, 9.17) is 5.14 Å². The number of hydrogen-bond donors (Lipinski definition) is 1. The van der Waals surface area contributed by atoms with Gasteiger partial charge in [0.25, 0.3) is 0 Å². The summed E-state index contributed by atoms with van der Waals surface area (Å²) < 4.78 is 22.5. The zero-order valence-electron chi connectivity index (χ0n) is 5.35. The Kier molecular flexibility index (Phi) is 1.49. The van der Waals surface area contributed by atoms with Crippen LogP contribution in [-0.2, 0) is 17.1 Å². The smallest absolute Gasteiger partial charge is 0.241 e. The standard InChI is InChI=1S/C4H7N3O2S/c1-7-3-4(2-6-7)10(5,8)9/h2-3H,1H3,(H2,5,8,9). The molecule has 0 amide bonds. The van der Waals surface area contributed by atoms with Crippen LogP contribution in [0.1, 0.15) is 0 Å². The first-order chi connectivity index (χ1) is 4.50. The predicted molar refractivity (Wildman–Crippen MR) is 34.6 cm³/mol. The zero-order chi connectivity index (χ0) is 7.78. The summed E-state index contributed by atoms with van der Waals surface area (Å²) >= 11 is 0. The third-order valence-corrected chi connectivity index (χ3v) is 1.88. The maximum atomic E-state index is 10.6. The number of hydrogen-bond acceptors (Lipinski definition) is 3. The molecule has 0 aliphatic rings. The third-order valence-electron chi connectivity index (χ3n) is 1.01. The highest BCUT2D eigenvalue weighted by Crippen LogP contribution is 2.01. The van der Waals surface area contributed by atoms with Crippen molar-refractivity contribution in [3.8, 4) is 0 Å². The molecule has 2 N–H and O–H groups in total. The Labute approximate surface area is 58.5 Å². The normalized spacial score (nSPS) is 11.8. The van der Waals surface area contributed by atoms with Crippen molar-refractivity contribution in [1.29, 1.82) is 0 Å². The molecule has 56 valence electrons. The average molecular weight is 161 g/mol. The van der Waals surface area contributed by atoms with Crippen LogP contribution in [0.3, 0.4) is 0 Å². The van der Waals surface area contributed by atoms with E-state index in [-0.39, 0.29) is 4.90 Å². The van der Waals surface area contributed by atoms with Crippen molar-refractivity contribution >= 4 is 10.0 Å². The molecule has 0 unspecified atom stereocenters.